The maximum Gasteiger partial charge on any atom is 0.321 e. The van der Waals surface area contributed by atoms with Crippen molar-refractivity contribution in [2.24, 2.45) is 0 Å². The van der Waals surface area contributed by atoms with Crippen LogP contribution in [0.15, 0.2) is 65.4 Å². The molecule has 0 radical (unpaired) electrons. The van der Waals surface area contributed by atoms with Crippen molar-refractivity contribution in [2.75, 3.05) is 19.0 Å². The van der Waals surface area contributed by atoms with Crippen molar-refractivity contribution in [3.63, 3.8) is 0 Å². The van der Waals surface area contributed by atoms with Crippen LogP contribution in [-0.4, -0.2) is 28.8 Å². The minimum Gasteiger partial charge on any atom is -0.497 e. The number of rotatable bonds is 7. The number of benzene rings is 2. The molecule has 2 heterocycles. The lowest BCUT2D eigenvalue weighted by Crippen LogP contribution is -2.03. The predicted molar refractivity (Wildman–Crippen MR) is 105 cm³/mol. The first-order valence-electron chi connectivity index (χ1n) is 8.86. The summed E-state index contributed by atoms with van der Waals surface area (Å²) in [5.74, 6) is 1.45. The summed E-state index contributed by atoms with van der Waals surface area (Å²) in [5.41, 5.74) is 2.19. The molecule has 6 nitrogen and oxygen atoms in total. The number of nitrogens with one attached hydrogen (secondary N) is 1. The van der Waals surface area contributed by atoms with E-state index in [9.17, 15) is 0 Å². The van der Waals surface area contributed by atoms with Gasteiger partial charge >= 0.3 is 6.01 Å². The molecule has 0 unspecified atom stereocenters. The fourth-order valence-corrected chi connectivity index (χ4v) is 2.91. The highest BCUT2D eigenvalue weighted by Gasteiger charge is 2.09. The Kier molecular flexibility index (Phi) is 4.96. The third-order valence-corrected chi connectivity index (χ3v) is 4.40. The van der Waals surface area contributed by atoms with Crippen LogP contribution in [0.2, 0.25) is 0 Å². The molecule has 2 aromatic heterocycles. The van der Waals surface area contributed by atoms with Crippen LogP contribution in [-0.2, 0) is 6.42 Å². The Hall–Kier alpha value is -3.41. The Balaban J connectivity index is 1.33. The minimum atomic E-state index is 0.439. The highest BCUT2D eigenvalue weighted by molar-refractivity contribution is 5.85. The number of hydrogen-bond donors (Lipinski definition) is 1. The molecule has 27 heavy (non-hydrogen) atoms. The van der Waals surface area contributed by atoms with Gasteiger partial charge in [0.05, 0.1) is 7.11 Å². The Bertz CT molecular complexity index is 1030. The van der Waals surface area contributed by atoms with Crippen molar-refractivity contribution in [3.05, 3.63) is 66.5 Å². The van der Waals surface area contributed by atoms with Crippen LogP contribution >= 0.6 is 0 Å². The SMILES string of the molecule is COc1ccc(CCCNc2nc(-c3ccc4cnccc4c3)no2)cc1. The van der Waals surface area contributed by atoms with Crippen molar-refractivity contribution in [1.82, 2.24) is 15.1 Å². The van der Waals surface area contributed by atoms with Crippen molar-refractivity contribution in [1.29, 1.82) is 0 Å². The lowest BCUT2D eigenvalue weighted by atomic mass is 10.1. The molecule has 4 aromatic rings. The molecule has 0 saturated carbocycles. The molecule has 0 spiro atoms. The smallest absolute Gasteiger partial charge is 0.321 e. The summed E-state index contributed by atoms with van der Waals surface area (Å²) in [6.07, 6.45) is 5.55. The number of fused-ring (bicyclic) bond motifs is 1. The zero-order valence-electron chi connectivity index (χ0n) is 15.1. The van der Waals surface area contributed by atoms with Crippen molar-refractivity contribution in [2.45, 2.75) is 12.8 Å². The van der Waals surface area contributed by atoms with Gasteiger partial charge in [-0.3, -0.25) is 4.98 Å². The number of nitrogens with zero attached hydrogens (tertiary/aromatic N) is 3. The first-order chi connectivity index (χ1) is 13.3. The second-order valence-corrected chi connectivity index (χ2v) is 6.24. The summed E-state index contributed by atoms with van der Waals surface area (Å²) in [4.78, 5) is 8.56. The normalized spacial score (nSPS) is 10.9. The van der Waals surface area contributed by atoms with Gasteiger partial charge in [0, 0.05) is 29.9 Å². The summed E-state index contributed by atoms with van der Waals surface area (Å²) in [5, 5.41) is 9.44. The zero-order chi connectivity index (χ0) is 18.5. The van der Waals surface area contributed by atoms with Crippen LogP contribution < -0.4 is 10.1 Å². The molecule has 0 saturated heterocycles. The molecular weight excluding hydrogens is 340 g/mol. The summed E-state index contributed by atoms with van der Waals surface area (Å²) >= 11 is 0. The number of methoxy groups -OCH3 is 1. The lowest BCUT2D eigenvalue weighted by molar-refractivity contribution is 0.414. The predicted octanol–water partition coefficient (Wildman–Crippen LogP) is 4.34. The van der Waals surface area contributed by atoms with Crippen molar-refractivity contribution >= 4 is 16.8 Å². The van der Waals surface area contributed by atoms with E-state index in [1.54, 1.807) is 13.3 Å². The Labute approximate surface area is 157 Å². The lowest BCUT2D eigenvalue weighted by Gasteiger charge is -2.04. The van der Waals surface area contributed by atoms with Gasteiger partial charge in [0.15, 0.2) is 0 Å². The van der Waals surface area contributed by atoms with E-state index in [0.717, 1.165) is 41.5 Å². The van der Waals surface area contributed by atoms with E-state index in [0.29, 0.717) is 11.8 Å². The minimum absolute atomic E-state index is 0.439. The molecule has 1 N–H and O–H groups in total. The van der Waals surface area contributed by atoms with Gasteiger partial charge in [0.25, 0.3) is 0 Å². The molecule has 0 fully saturated rings. The van der Waals surface area contributed by atoms with Gasteiger partial charge in [0.2, 0.25) is 5.82 Å². The zero-order valence-corrected chi connectivity index (χ0v) is 15.1. The van der Waals surface area contributed by atoms with Crippen LogP contribution in [0.4, 0.5) is 6.01 Å². The summed E-state index contributed by atoms with van der Waals surface area (Å²) < 4.78 is 10.5. The molecule has 136 valence electrons. The van der Waals surface area contributed by atoms with Gasteiger partial charge < -0.3 is 14.6 Å². The summed E-state index contributed by atoms with van der Waals surface area (Å²) in [7, 11) is 1.67. The van der Waals surface area contributed by atoms with E-state index in [-0.39, 0.29) is 0 Å². The number of aryl methyl sites for hydroxylation is 1. The molecule has 0 aliphatic carbocycles. The fraction of sp³-hybridized carbons (Fsp3) is 0.190. The number of hydrogen-bond acceptors (Lipinski definition) is 6. The molecule has 6 heteroatoms. The van der Waals surface area contributed by atoms with Crippen LogP contribution in [0.25, 0.3) is 22.2 Å². The largest absolute Gasteiger partial charge is 0.497 e. The van der Waals surface area contributed by atoms with E-state index < -0.39 is 0 Å². The molecule has 0 aliphatic heterocycles. The number of anilines is 1. The molecule has 2 aromatic carbocycles. The molecule has 0 atom stereocenters. The molecule has 4 rings (SSSR count). The quantitative estimate of drug-likeness (QED) is 0.494. The van der Waals surface area contributed by atoms with E-state index in [1.165, 1.54) is 5.56 Å². The van der Waals surface area contributed by atoms with Crippen LogP contribution in [0.3, 0.4) is 0 Å². The average Bonchev–Trinajstić information content (AvgIpc) is 3.20. The highest BCUT2D eigenvalue weighted by atomic mass is 16.5. The fourth-order valence-electron chi connectivity index (χ4n) is 2.91. The summed E-state index contributed by atoms with van der Waals surface area (Å²) in [6, 6.07) is 16.6. The highest BCUT2D eigenvalue weighted by Crippen LogP contribution is 2.22. The number of ether oxygens (including phenoxy) is 1. The van der Waals surface area contributed by atoms with E-state index >= 15 is 0 Å². The van der Waals surface area contributed by atoms with E-state index in [1.807, 2.05) is 42.6 Å². The Morgan fingerprint density at radius 2 is 1.93 bits per heavy atom. The first kappa shape index (κ1) is 17.0. The molecule has 0 amide bonds. The maximum absolute atomic E-state index is 5.31. The van der Waals surface area contributed by atoms with Gasteiger partial charge in [-0.05, 0) is 48.1 Å². The third-order valence-electron chi connectivity index (χ3n) is 4.40. The van der Waals surface area contributed by atoms with E-state index in [4.69, 9.17) is 9.26 Å². The Morgan fingerprint density at radius 1 is 1.04 bits per heavy atom. The van der Waals surface area contributed by atoms with E-state index in [2.05, 4.69) is 32.6 Å². The van der Waals surface area contributed by atoms with Crippen molar-refractivity contribution in [3.8, 4) is 17.1 Å². The van der Waals surface area contributed by atoms with Gasteiger partial charge in [0.1, 0.15) is 5.75 Å². The third kappa shape index (κ3) is 4.06. The first-order valence-corrected chi connectivity index (χ1v) is 8.86. The molecule has 0 bridgehead atoms. The van der Waals surface area contributed by atoms with Crippen LogP contribution in [0.5, 0.6) is 5.75 Å². The number of pyridine rings is 1. The van der Waals surface area contributed by atoms with Gasteiger partial charge in [-0.15, -0.1) is 0 Å². The second-order valence-electron chi connectivity index (χ2n) is 6.24. The van der Waals surface area contributed by atoms with Gasteiger partial charge in [-0.2, -0.15) is 4.98 Å². The molecule has 0 aliphatic rings. The summed E-state index contributed by atoms with van der Waals surface area (Å²) in [6.45, 7) is 0.761. The van der Waals surface area contributed by atoms with Crippen LogP contribution in [0, 0.1) is 0 Å². The van der Waals surface area contributed by atoms with Gasteiger partial charge in [-0.25, -0.2) is 0 Å². The topological polar surface area (TPSA) is 73.1 Å². The standard InChI is InChI=1S/C21H20N4O2/c1-26-19-8-4-15(5-9-19)3-2-11-23-21-24-20(25-27-21)17-6-7-18-14-22-12-10-16(18)13-17/h4-10,12-14H,2-3,11H2,1H3,(H,23,24,25). The molecular formula is C21H20N4O2. The van der Waals surface area contributed by atoms with Gasteiger partial charge in [-0.1, -0.05) is 29.4 Å². The number of aromatic nitrogens is 3. The second kappa shape index (κ2) is 7.86. The average molecular weight is 360 g/mol. The van der Waals surface area contributed by atoms with Crippen molar-refractivity contribution < 1.29 is 9.26 Å². The Morgan fingerprint density at radius 3 is 2.78 bits per heavy atom. The maximum atomic E-state index is 5.31. The van der Waals surface area contributed by atoms with Crippen LogP contribution in [0.1, 0.15) is 12.0 Å². The monoisotopic (exact) mass is 360 g/mol.